The Kier molecular flexibility index (Phi) is 6.82. The van der Waals surface area contributed by atoms with Gasteiger partial charge < -0.3 is 5.32 Å². The molecule has 4 rings (SSSR count). The summed E-state index contributed by atoms with van der Waals surface area (Å²) in [7, 11) is -3.23. The highest BCUT2D eigenvalue weighted by molar-refractivity contribution is 7.90. The Hall–Kier alpha value is -3.47. The van der Waals surface area contributed by atoms with Crippen LogP contribution < -0.4 is 5.32 Å². The maximum atomic E-state index is 12.7. The molecule has 174 valence electrons. The second kappa shape index (κ2) is 9.80. The van der Waals surface area contributed by atoms with Crippen molar-refractivity contribution in [1.82, 2.24) is 10.2 Å². The molecule has 1 atom stereocenters. The summed E-state index contributed by atoms with van der Waals surface area (Å²) in [6.45, 7) is 4.22. The fourth-order valence-corrected chi connectivity index (χ4v) is 4.93. The third kappa shape index (κ3) is 5.36. The van der Waals surface area contributed by atoms with Crippen molar-refractivity contribution in [3.8, 4) is 6.07 Å². The number of fused-ring (bicyclic) bond motifs is 1. The highest BCUT2D eigenvalue weighted by Crippen LogP contribution is 2.31. The summed E-state index contributed by atoms with van der Waals surface area (Å²) in [6, 6.07) is 22.5. The Morgan fingerprint density at radius 2 is 1.74 bits per heavy atom. The second-order valence-electron chi connectivity index (χ2n) is 8.72. The molecule has 1 unspecified atom stereocenters. The van der Waals surface area contributed by atoms with Crippen molar-refractivity contribution >= 4 is 15.7 Å². The van der Waals surface area contributed by atoms with Gasteiger partial charge in [-0.15, -0.1) is 0 Å². The molecule has 3 aromatic rings. The Morgan fingerprint density at radius 1 is 1.06 bits per heavy atom. The van der Waals surface area contributed by atoms with Crippen molar-refractivity contribution in [2.45, 2.75) is 37.4 Å². The summed E-state index contributed by atoms with van der Waals surface area (Å²) in [5.41, 5.74) is 5.72. The van der Waals surface area contributed by atoms with Gasteiger partial charge in [-0.2, -0.15) is 5.26 Å². The van der Waals surface area contributed by atoms with Crippen LogP contribution in [0.15, 0.2) is 71.6 Å². The lowest BCUT2D eigenvalue weighted by Gasteiger charge is -2.35. The first-order chi connectivity index (χ1) is 16.2. The molecular formula is C27H27N3O3S. The minimum absolute atomic E-state index is 0.150. The van der Waals surface area contributed by atoms with Gasteiger partial charge in [0.15, 0.2) is 9.84 Å². The molecule has 0 saturated heterocycles. The van der Waals surface area contributed by atoms with E-state index in [0.29, 0.717) is 17.7 Å². The first-order valence-corrected chi connectivity index (χ1v) is 13.1. The predicted octanol–water partition coefficient (Wildman–Crippen LogP) is 4.01. The average molecular weight is 474 g/mol. The molecule has 34 heavy (non-hydrogen) atoms. The standard InChI is InChI=1S/C27H27N3O3S/c1-19-26-12-9-24(27(31)29-17-21-7-10-25(11-8-21)34(2,32)33)15-23(26)13-14-30(19)18-22-5-3-20(16-28)4-6-22/h3-12,15,19H,13-14,17-18H2,1-2H3,(H,29,31). The van der Waals surface area contributed by atoms with Gasteiger partial charge in [0.1, 0.15) is 0 Å². The molecular weight excluding hydrogens is 446 g/mol. The van der Waals surface area contributed by atoms with E-state index in [1.807, 2.05) is 42.5 Å². The van der Waals surface area contributed by atoms with E-state index in [0.717, 1.165) is 25.1 Å². The number of rotatable bonds is 6. The maximum Gasteiger partial charge on any atom is 0.251 e. The summed E-state index contributed by atoms with van der Waals surface area (Å²) >= 11 is 0. The lowest BCUT2D eigenvalue weighted by Crippen LogP contribution is -2.34. The van der Waals surface area contributed by atoms with Crippen LogP contribution in [0.2, 0.25) is 0 Å². The zero-order valence-corrected chi connectivity index (χ0v) is 20.1. The summed E-state index contributed by atoms with van der Waals surface area (Å²) in [5, 5.41) is 11.9. The monoisotopic (exact) mass is 473 g/mol. The lowest BCUT2D eigenvalue weighted by atomic mass is 9.91. The molecule has 1 heterocycles. The van der Waals surface area contributed by atoms with Gasteiger partial charge in [0.2, 0.25) is 0 Å². The third-order valence-corrected chi connectivity index (χ3v) is 7.47. The molecule has 0 spiro atoms. The molecule has 0 fully saturated rings. The Morgan fingerprint density at radius 3 is 2.38 bits per heavy atom. The minimum Gasteiger partial charge on any atom is -0.348 e. The van der Waals surface area contributed by atoms with Crippen molar-refractivity contribution in [2.24, 2.45) is 0 Å². The average Bonchev–Trinajstić information content (AvgIpc) is 2.84. The van der Waals surface area contributed by atoms with Gasteiger partial charge in [0.25, 0.3) is 5.91 Å². The summed E-state index contributed by atoms with van der Waals surface area (Å²) in [5.74, 6) is -0.150. The van der Waals surface area contributed by atoms with Crippen molar-refractivity contribution in [3.05, 3.63) is 100 Å². The maximum absolute atomic E-state index is 12.7. The lowest BCUT2D eigenvalue weighted by molar-refractivity contribution is 0.0950. The second-order valence-corrected chi connectivity index (χ2v) is 10.7. The Bertz CT molecular complexity index is 1340. The highest BCUT2D eigenvalue weighted by Gasteiger charge is 2.24. The molecule has 3 aromatic carbocycles. The number of nitrogens with zero attached hydrogens (tertiary/aromatic N) is 2. The van der Waals surface area contributed by atoms with Crippen LogP contribution in [0.1, 0.15) is 51.1 Å². The van der Waals surface area contributed by atoms with Crippen LogP contribution in [0.25, 0.3) is 0 Å². The Balaban J connectivity index is 1.39. The van der Waals surface area contributed by atoms with E-state index >= 15 is 0 Å². The predicted molar refractivity (Wildman–Crippen MR) is 131 cm³/mol. The fraction of sp³-hybridized carbons (Fsp3) is 0.259. The summed E-state index contributed by atoms with van der Waals surface area (Å²) in [4.78, 5) is 15.4. The zero-order valence-electron chi connectivity index (χ0n) is 19.3. The van der Waals surface area contributed by atoms with E-state index in [1.165, 1.54) is 22.9 Å². The number of carbonyl (C=O) groups is 1. The van der Waals surface area contributed by atoms with Gasteiger partial charge in [-0.3, -0.25) is 9.69 Å². The van der Waals surface area contributed by atoms with Crippen LogP contribution >= 0.6 is 0 Å². The van der Waals surface area contributed by atoms with Crippen LogP contribution in [0, 0.1) is 11.3 Å². The van der Waals surface area contributed by atoms with Gasteiger partial charge in [0, 0.05) is 37.5 Å². The molecule has 0 bridgehead atoms. The normalized spacial score (nSPS) is 15.9. The van der Waals surface area contributed by atoms with Gasteiger partial charge in [-0.05, 0) is 72.0 Å². The SMILES string of the molecule is CC1c2ccc(C(=O)NCc3ccc(S(C)(=O)=O)cc3)cc2CCN1Cc1ccc(C#N)cc1. The van der Waals surface area contributed by atoms with Crippen molar-refractivity contribution in [3.63, 3.8) is 0 Å². The topological polar surface area (TPSA) is 90.3 Å². The van der Waals surface area contributed by atoms with Gasteiger partial charge in [-0.25, -0.2) is 8.42 Å². The quantitative estimate of drug-likeness (QED) is 0.584. The number of benzene rings is 3. The first kappa shape index (κ1) is 23.7. The van der Waals surface area contributed by atoms with Crippen LogP contribution in [-0.2, 0) is 29.3 Å². The minimum atomic E-state index is -3.23. The van der Waals surface area contributed by atoms with Crippen LogP contribution in [0.5, 0.6) is 0 Å². The van der Waals surface area contributed by atoms with Gasteiger partial charge in [0.05, 0.1) is 16.5 Å². The van der Waals surface area contributed by atoms with Gasteiger partial charge in [-0.1, -0.05) is 30.3 Å². The van der Waals surface area contributed by atoms with Crippen molar-refractivity contribution < 1.29 is 13.2 Å². The summed E-state index contributed by atoms with van der Waals surface area (Å²) < 4.78 is 23.2. The molecule has 1 aliphatic heterocycles. The smallest absolute Gasteiger partial charge is 0.251 e. The fourth-order valence-electron chi connectivity index (χ4n) is 4.30. The van der Waals surface area contributed by atoms with E-state index in [1.54, 1.807) is 24.3 Å². The number of carbonyl (C=O) groups excluding carboxylic acids is 1. The molecule has 0 aromatic heterocycles. The molecule has 6 nitrogen and oxygen atoms in total. The van der Waals surface area contributed by atoms with E-state index in [-0.39, 0.29) is 16.8 Å². The molecule has 7 heteroatoms. The number of nitriles is 1. The third-order valence-electron chi connectivity index (χ3n) is 6.34. The Labute approximate surface area is 200 Å². The van der Waals surface area contributed by atoms with Crippen molar-refractivity contribution in [1.29, 1.82) is 5.26 Å². The van der Waals surface area contributed by atoms with E-state index in [9.17, 15) is 13.2 Å². The number of hydrogen-bond acceptors (Lipinski definition) is 5. The highest BCUT2D eigenvalue weighted by atomic mass is 32.2. The molecule has 0 aliphatic carbocycles. The van der Waals surface area contributed by atoms with Crippen LogP contribution in [-0.4, -0.2) is 32.0 Å². The molecule has 0 radical (unpaired) electrons. The van der Waals surface area contributed by atoms with Crippen LogP contribution in [0.3, 0.4) is 0 Å². The first-order valence-electron chi connectivity index (χ1n) is 11.2. The van der Waals surface area contributed by atoms with Gasteiger partial charge >= 0.3 is 0 Å². The molecule has 1 N–H and O–H groups in total. The molecule has 1 aliphatic rings. The van der Waals surface area contributed by atoms with Crippen molar-refractivity contribution in [2.75, 3.05) is 12.8 Å². The number of amides is 1. The van der Waals surface area contributed by atoms with Crippen LogP contribution in [0.4, 0.5) is 0 Å². The number of sulfone groups is 1. The zero-order chi connectivity index (χ0) is 24.3. The molecule has 1 amide bonds. The molecule has 0 saturated carbocycles. The van der Waals surface area contributed by atoms with E-state index in [4.69, 9.17) is 5.26 Å². The summed E-state index contributed by atoms with van der Waals surface area (Å²) in [6.07, 6.45) is 2.04. The largest absolute Gasteiger partial charge is 0.348 e. The van der Waals surface area contributed by atoms with E-state index in [2.05, 4.69) is 23.2 Å². The van der Waals surface area contributed by atoms with E-state index < -0.39 is 9.84 Å². The number of hydrogen-bond donors (Lipinski definition) is 1. The number of nitrogens with one attached hydrogen (secondary N) is 1.